The molecule has 4 heteroatoms. The second-order valence-corrected chi connectivity index (χ2v) is 4.61. The molecule has 1 aromatic carbocycles. The minimum atomic E-state index is -0.0118. The highest BCUT2D eigenvalue weighted by Crippen LogP contribution is 2.31. The fraction of sp³-hybridized carbons (Fsp3) is 0.400. The third-order valence-corrected chi connectivity index (χ3v) is 2.94. The van der Waals surface area contributed by atoms with Gasteiger partial charge in [-0.3, -0.25) is 4.79 Å². The number of rotatable bonds is 5. The fourth-order valence-electron chi connectivity index (χ4n) is 2.07. The van der Waals surface area contributed by atoms with Gasteiger partial charge in [0.15, 0.2) is 17.3 Å². The van der Waals surface area contributed by atoms with Crippen LogP contribution in [0.5, 0.6) is 11.5 Å². The van der Waals surface area contributed by atoms with Crippen molar-refractivity contribution in [1.29, 1.82) is 0 Å². The van der Waals surface area contributed by atoms with Gasteiger partial charge in [0.25, 0.3) is 0 Å². The van der Waals surface area contributed by atoms with E-state index in [1.165, 1.54) is 6.92 Å². The van der Waals surface area contributed by atoms with Crippen molar-refractivity contribution in [2.75, 3.05) is 14.2 Å². The van der Waals surface area contributed by atoms with Gasteiger partial charge < -0.3 is 15.2 Å². The Morgan fingerprint density at radius 1 is 1.16 bits per heavy atom. The van der Waals surface area contributed by atoms with E-state index in [1.54, 1.807) is 26.4 Å². The number of carbonyl (C=O) groups excluding carboxylic acids is 1. The zero-order chi connectivity index (χ0) is 14.6. The summed E-state index contributed by atoms with van der Waals surface area (Å²) in [5, 5.41) is 0. The number of methoxy groups -OCH3 is 2. The first-order valence-electron chi connectivity index (χ1n) is 6.15. The number of allylic oxidation sites excluding steroid dienone is 1. The molecule has 0 saturated heterocycles. The van der Waals surface area contributed by atoms with E-state index in [0.29, 0.717) is 22.8 Å². The zero-order valence-corrected chi connectivity index (χ0v) is 12.1. The van der Waals surface area contributed by atoms with Gasteiger partial charge in [-0.2, -0.15) is 0 Å². The standard InChI is InChI=1S/C15H21NO3/c1-9(2)14(10(3)17)15(16)11-6-7-12(18-4)13(8-11)19-5/h6-9H,16H2,1-5H3/b15-14-. The molecule has 1 aromatic rings. The zero-order valence-electron chi connectivity index (χ0n) is 12.1. The maximum atomic E-state index is 11.7. The van der Waals surface area contributed by atoms with Crippen molar-refractivity contribution in [3.8, 4) is 11.5 Å². The summed E-state index contributed by atoms with van der Waals surface area (Å²) in [4.78, 5) is 11.7. The summed E-state index contributed by atoms with van der Waals surface area (Å²) >= 11 is 0. The van der Waals surface area contributed by atoms with Crippen LogP contribution in [0.1, 0.15) is 26.3 Å². The molecular weight excluding hydrogens is 242 g/mol. The average molecular weight is 263 g/mol. The SMILES string of the molecule is COc1ccc(/C(N)=C(/C(C)=O)C(C)C)cc1OC. The minimum Gasteiger partial charge on any atom is -0.493 e. The van der Waals surface area contributed by atoms with Crippen LogP contribution in [0.2, 0.25) is 0 Å². The van der Waals surface area contributed by atoms with E-state index in [0.717, 1.165) is 5.56 Å². The van der Waals surface area contributed by atoms with Crippen LogP contribution >= 0.6 is 0 Å². The average Bonchev–Trinajstić information content (AvgIpc) is 2.36. The number of ether oxygens (including phenoxy) is 2. The van der Waals surface area contributed by atoms with Gasteiger partial charge in [-0.1, -0.05) is 13.8 Å². The summed E-state index contributed by atoms with van der Waals surface area (Å²) in [6, 6.07) is 5.38. The molecular formula is C15H21NO3. The molecule has 0 unspecified atom stereocenters. The monoisotopic (exact) mass is 263 g/mol. The van der Waals surface area contributed by atoms with Gasteiger partial charge in [-0.25, -0.2) is 0 Å². The maximum absolute atomic E-state index is 11.7. The molecule has 0 bridgehead atoms. The second-order valence-electron chi connectivity index (χ2n) is 4.61. The second kappa shape index (κ2) is 6.27. The Balaban J connectivity index is 3.36. The van der Waals surface area contributed by atoms with E-state index < -0.39 is 0 Å². The molecule has 0 amide bonds. The molecule has 0 heterocycles. The lowest BCUT2D eigenvalue weighted by Gasteiger charge is -2.14. The molecule has 1 rings (SSSR count). The maximum Gasteiger partial charge on any atom is 0.161 e. The van der Waals surface area contributed by atoms with Gasteiger partial charge in [0, 0.05) is 16.8 Å². The Morgan fingerprint density at radius 2 is 1.74 bits per heavy atom. The van der Waals surface area contributed by atoms with E-state index in [-0.39, 0.29) is 11.7 Å². The van der Waals surface area contributed by atoms with Crippen LogP contribution in [-0.4, -0.2) is 20.0 Å². The summed E-state index contributed by atoms with van der Waals surface area (Å²) in [6.45, 7) is 5.43. The smallest absolute Gasteiger partial charge is 0.161 e. The van der Waals surface area contributed by atoms with Crippen molar-refractivity contribution in [3.05, 3.63) is 29.3 Å². The summed E-state index contributed by atoms with van der Waals surface area (Å²) in [7, 11) is 3.14. The van der Waals surface area contributed by atoms with Crippen LogP contribution in [0, 0.1) is 5.92 Å². The van der Waals surface area contributed by atoms with Gasteiger partial charge >= 0.3 is 0 Å². The van der Waals surface area contributed by atoms with E-state index in [4.69, 9.17) is 15.2 Å². The number of benzene rings is 1. The highest BCUT2D eigenvalue weighted by molar-refractivity contribution is 6.01. The summed E-state index contributed by atoms with van der Waals surface area (Å²) < 4.78 is 10.4. The van der Waals surface area contributed by atoms with Crippen LogP contribution in [0.25, 0.3) is 5.70 Å². The molecule has 0 radical (unpaired) electrons. The van der Waals surface area contributed by atoms with Gasteiger partial charge in [-0.05, 0) is 31.0 Å². The molecule has 2 N–H and O–H groups in total. The number of hydrogen-bond acceptors (Lipinski definition) is 4. The topological polar surface area (TPSA) is 61.5 Å². The molecule has 0 aromatic heterocycles. The third-order valence-electron chi connectivity index (χ3n) is 2.94. The van der Waals surface area contributed by atoms with Crippen LogP contribution in [0.3, 0.4) is 0 Å². The lowest BCUT2D eigenvalue weighted by atomic mass is 9.94. The molecule has 0 aliphatic rings. The van der Waals surface area contributed by atoms with Gasteiger partial charge in [0.05, 0.1) is 14.2 Å². The highest BCUT2D eigenvalue weighted by Gasteiger charge is 2.16. The summed E-state index contributed by atoms with van der Waals surface area (Å²) in [5.74, 6) is 1.29. The van der Waals surface area contributed by atoms with Gasteiger partial charge in [-0.15, -0.1) is 0 Å². The highest BCUT2D eigenvalue weighted by atomic mass is 16.5. The van der Waals surface area contributed by atoms with Crippen molar-refractivity contribution < 1.29 is 14.3 Å². The Hall–Kier alpha value is -1.97. The van der Waals surface area contributed by atoms with Crippen LogP contribution in [0.15, 0.2) is 23.8 Å². The number of Topliss-reactive ketones (excluding diaryl/α,β-unsaturated/α-hetero) is 1. The van der Waals surface area contributed by atoms with Gasteiger partial charge in [0.2, 0.25) is 0 Å². The first-order valence-corrected chi connectivity index (χ1v) is 6.15. The first-order chi connectivity index (χ1) is 8.92. The van der Waals surface area contributed by atoms with Crippen molar-refractivity contribution in [1.82, 2.24) is 0 Å². The molecule has 0 atom stereocenters. The lowest BCUT2D eigenvalue weighted by molar-refractivity contribution is -0.113. The van der Waals surface area contributed by atoms with Crippen LogP contribution in [0.4, 0.5) is 0 Å². The third kappa shape index (κ3) is 3.28. The Kier molecular flexibility index (Phi) is 4.98. The van der Waals surface area contributed by atoms with E-state index >= 15 is 0 Å². The largest absolute Gasteiger partial charge is 0.493 e. The normalized spacial score (nSPS) is 12.1. The van der Waals surface area contributed by atoms with Crippen molar-refractivity contribution in [2.24, 2.45) is 11.7 Å². The Morgan fingerprint density at radius 3 is 2.16 bits per heavy atom. The number of ketones is 1. The predicted molar refractivity (Wildman–Crippen MR) is 76.2 cm³/mol. The molecule has 4 nitrogen and oxygen atoms in total. The Labute approximate surface area is 114 Å². The van der Waals surface area contributed by atoms with Crippen molar-refractivity contribution in [3.63, 3.8) is 0 Å². The van der Waals surface area contributed by atoms with Crippen LogP contribution in [-0.2, 0) is 4.79 Å². The summed E-state index contributed by atoms with van der Waals surface area (Å²) in [6.07, 6.45) is 0. The van der Waals surface area contributed by atoms with Gasteiger partial charge in [0.1, 0.15) is 0 Å². The van der Waals surface area contributed by atoms with E-state index in [2.05, 4.69) is 0 Å². The first kappa shape index (κ1) is 15.1. The van der Waals surface area contributed by atoms with Crippen molar-refractivity contribution in [2.45, 2.75) is 20.8 Å². The molecule has 0 aliphatic heterocycles. The lowest BCUT2D eigenvalue weighted by Crippen LogP contribution is -2.12. The number of nitrogens with two attached hydrogens (primary N) is 1. The number of carbonyl (C=O) groups is 1. The molecule has 104 valence electrons. The van der Waals surface area contributed by atoms with E-state index in [9.17, 15) is 4.79 Å². The predicted octanol–water partition coefficient (Wildman–Crippen LogP) is 2.62. The van der Waals surface area contributed by atoms with Crippen LogP contribution < -0.4 is 15.2 Å². The molecule has 0 fully saturated rings. The van der Waals surface area contributed by atoms with E-state index in [1.807, 2.05) is 19.9 Å². The quantitative estimate of drug-likeness (QED) is 0.829. The summed E-state index contributed by atoms with van der Waals surface area (Å²) in [5.41, 5.74) is 8.00. The molecule has 0 aliphatic carbocycles. The van der Waals surface area contributed by atoms with Crippen molar-refractivity contribution >= 4 is 11.5 Å². The molecule has 0 saturated carbocycles. The fourth-order valence-corrected chi connectivity index (χ4v) is 2.07. The Bertz CT molecular complexity index is 504. The minimum absolute atomic E-state index is 0.0118. The molecule has 0 spiro atoms. The molecule has 19 heavy (non-hydrogen) atoms. The number of hydrogen-bond donors (Lipinski definition) is 1.